The van der Waals surface area contributed by atoms with Crippen molar-refractivity contribution in [1.29, 1.82) is 0 Å². The summed E-state index contributed by atoms with van der Waals surface area (Å²) in [5.74, 6) is 0.646. The zero-order valence-electron chi connectivity index (χ0n) is 12.9. The second-order valence-electron chi connectivity index (χ2n) is 7.02. The average molecular weight is 282 g/mol. The SMILES string of the molecule is Cc1ccc(NC2C3CCOC3C2(C)C)c2cccnc12. The third-order valence-corrected chi connectivity index (χ3v) is 5.38. The Labute approximate surface area is 125 Å². The van der Waals surface area contributed by atoms with Crippen LogP contribution in [0.5, 0.6) is 0 Å². The lowest BCUT2D eigenvalue weighted by molar-refractivity contribution is -0.0922. The number of ether oxygens (including phenoxy) is 1. The van der Waals surface area contributed by atoms with E-state index in [9.17, 15) is 0 Å². The van der Waals surface area contributed by atoms with Gasteiger partial charge in [0.15, 0.2) is 0 Å². The van der Waals surface area contributed by atoms with Gasteiger partial charge in [0, 0.05) is 41.3 Å². The number of aryl methyl sites for hydroxylation is 1. The molecule has 3 nitrogen and oxygen atoms in total. The summed E-state index contributed by atoms with van der Waals surface area (Å²) in [6.45, 7) is 7.65. The minimum absolute atomic E-state index is 0.195. The Bertz CT molecular complexity index is 695. The summed E-state index contributed by atoms with van der Waals surface area (Å²) in [5, 5.41) is 5.01. The maximum absolute atomic E-state index is 5.89. The van der Waals surface area contributed by atoms with E-state index in [2.05, 4.69) is 49.3 Å². The van der Waals surface area contributed by atoms with Gasteiger partial charge in [0.05, 0.1) is 11.6 Å². The van der Waals surface area contributed by atoms with Crippen LogP contribution in [0.15, 0.2) is 30.5 Å². The van der Waals surface area contributed by atoms with Crippen LogP contribution in [0, 0.1) is 18.3 Å². The highest BCUT2D eigenvalue weighted by Crippen LogP contribution is 2.53. The molecule has 21 heavy (non-hydrogen) atoms. The summed E-state index contributed by atoms with van der Waals surface area (Å²) in [6.07, 6.45) is 3.46. The van der Waals surface area contributed by atoms with Crippen molar-refractivity contribution in [3.05, 3.63) is 36.0 Å². The summed E-state index contributed by atoms with van der Waals surface area (Å²) in [6, 6.07) is 9.01. The lowest BCUT2D eigenvalue weighted by Gasteiger charge is -2.55. The van der Waals surface area contributed by atoms with Crippen molar-refractivity contribution in [2.24, 2.45) is 11.3 Å². The number of nitrogens with one attached hydrogen (secondary N) is 1. The molecule has 1 aromatic heterocycles. The van der Waals surface area contributed by atoms with Crippen molar-refractivity contribution in [2.75, 3.05) is 11.9 Å². The zero-order chi connectivity index (χ0) is 14.6. The number of aromatic nitrogens is 1. The number of hydrogen-bond acceptors (Lipinski definition) is 3. The molecule has 3 unspecified atom stereocenters. The van der Waals surface area contributed by atoms with Gasteiger partial charge in [-0.1, -0.05) is 19.9 Å². The smallest absolute Gasteiger partial charge is 0.0751 e. The number of hydrogen-bond donors (Lipinski definition) is 1. The number of pyridine rings is 1. The minimum atomic E-state index is 0.195. The van der Waals surface area contributed by atoms with Crippen LogP contribution in [-0.4, -0.2) is 23.7 Å². The highest BCUT2D eigenvalue weighted by Gasteiger charge is 2.59. The number of fused-ring (bicyclic) bond motifs is 2. The van der Waals surface area contributed by atoms with Crippen molar-refractivity contribution in [1.82, 2.24) is 4.98 Å². The first-order chi connectivity index (χ1) is 10.1. The van der Waals surface area contributed by atoms with Crippen molar-refractivity contribution < 1.29 is 4.74 Å². The van der Waals surface area contributed by atoms with E-state index >= 15 is 0 Å². The van der Waals surface area contributed by atoms with Gasteiger partial charge in [-0.05, 0) is 37.1 Å². The minimum Gasteiger partial charge on any atom is -0.381 e. The Hall–Kier alpha value is -1.61. The molecule has 1 N–H and O–H groups in total. The summed E-state index contributed by atoms with van der Waals surface area (Å²) < 4.78 is 5.89. The monoisotopic (exact) mass is 282 g/mol. The molecule has 1 saturated heterocycles. The zero-order valence-corrected chi connectivity index (χ0v) is 12.9. The van der Waals surface area contributed by atoms with E-state index in [1.807, 2.05) is 12.3 Å². The number of benzene rings is 1. The second kappa shape index (κ2) is 4.44. The first-order valence-corrected chi connectivity index (χ1v) is 7.81. The molecule has 1 aliphatic heterocycles. The maximum atomic E-state index is 5.89. The fourth-order valence-electron chi connectivity index (χ4n) is 4.22. The molecule has 1 aliphatic carbocycles. The summed E-state index contributed by atoms with van der Waals surface area (Å²) in [7, 11) is 0. The van der Waals surface area contributed by atoms with Crippen LogP contribution in [0.4, 0.5) is 5.69 Å². The maximum Gasteiger partial charge on any atom is 0.0751 e. The molecule has 4 rings (SSSR count). The molecule has 2 aromatic rings. The van der Waals surface area contributed by atoms with Gasteiger partial charge in [-0.2, -0.15) is 0 Å². The van der Waals surface area contributed by atoms with Gasteiger partial charge in [0.25, 0.3) is 0 Å². The highest BCUT2D eigenvalue weighted by molar-refractivity contribution is 5.93. The molecule has 2 heterocycles. The van der Waals surface area contributed by atoms with Crippen molar-refractivity contribution in [3.63, 3.8) is 0 Å². The lowest BCUT2D eigenvalue weighted by Crippen LogP contribution is -2.63. The van der Waals surface area contributed by atoms with E-state index in [0.29, 0.717) is 18.1 Å². The van der Waals surface area contributed by atoms with E-state index in [4.69, 9.17) is 4.74 Å². The van der Waals surface area contributed by atoms with Gasteiger partial charge in [-0.25, -0.2) is 0 Å². The molecule has 1 saturated carbocycles. The molecular weight excluding hydrogens is 260 g/mol. The van der Waals surface area contributed by atoms with Crippen LogP contribution in [-0.2, 0) is 4.74 Å². The summed E-state index contributed by atoms with van der Waals surface area (Å²) >= 11 is 0. The predicted octanol–water partition coefficient (Wildman–Crippen LogP) is 3.77. The van der Waals surface area contributed by atoms with E-state index < -0.39 is 0 Å². The van der Waals surface area contributed by atoms with Gasteiger partial charge in [-0.3, -0.25) is 4.98 Å². The molecule has 2 fully saturated rings. The van der Waals surface area contributed by atoms with Crippen LogP contribution in [0.1, 0.15) is 25.8 Å². The van der Waals surface area contributed by atoms with E-state index in [1.165, 1.54) is 23.1 Å². The van der Waals surface area contributed by atoms with Gasteiger partial charge >= 0.3 is 0 Å². The lowest BCUT2D eigenvalue weighted by atomic mass is 9.57. The Balaban J connectivity index is 1.71. The van der Waals surface area contributed by atoms with Crippen molar-refractivity contribution >= 4 is 16.6 Å². The Kier molecular flexibility index (Phi) is 2.77. The molecular formula is C18H22N2O. The van der Waals surface area contributed by atoms with Crippen LogP contribution in [0.2, 0.25) is 0 Å². The Morgan fingerprint density at radius 3 is 3.00 bits per heavy atom. The van der Waals surface area contributed by atoms with E-state index in [1.54, 1.807) is 0 Å². The third-order valence-electron chi connectivity index (χ3n) is 5.38. The molecule has 0 radical (unpaired) electrons. The molecule has 1 aromatic carbocycles. The molecule has 3 heteroatoms. The summed E-state index contributed by atoms with van der Waals surface area (Å²) in [4.78, 5) is 4.53. The number of nitrogens with zero attached hydrogens (tertiary/aromatic N) is 1. The predicted molar refractivity (Wildman–Crippen MR) is 85.5 cm³/mol. The number of anilines is 1. The van der Waals surface area contributed by atoms with Crippen LogP contribution >= 0.6 is 0 Å². The van der Waals surface area contributed by atoms with Crippen LogP contribution < -0.4 is 5.32 Å². The standard InChI is InChI=1S/C18H22N2O/c1-11-6-7-14(12-5-4-9-19-15(11)12)20-16-13-8-10-21-17(13)18(16,2)3/h4-7,9,13,16-17,20H,8,10H2,1-3H3. The van der Waals surface area contributed by atoms with Gasteiger partial charge in [0.2, 0.25) is 0 Å². The quantitative estimate of drug-likeness (QED) is 0.910. The van der Waals surface area contributed by atoms with Gasteiger partial charge < -0.3 is 10.1 Å². The first kappa shape index (κ1) is 13.1. The number of rotatable bonds is 2. The largest absolute Gasteiger partial charge is 0.381 e. The van der Waals surface area contributed by atoms with Crippen molar-refractivity contribution in [3.8, 4) is 0 Å². The van der Waals surface area contributed by atoms with Gasteiger partial charge in [0.1, 0.15) is 0 Å². The molecule has 0 spiro atoms. The fourth-order valence-corrected chi connectivity index (χ4v) is 4.22. The highest BCUT2D eigenvalue weighted by atomic mass is 16.5. The van der Waals surface area contributed by atoms with Crippen LogP contribution in [0.3, 0.4) is 0 Å². The van der Waals surface area contributed by atoms with Crippen molar-refractivity contribution in [2.45, 2.75) is 39.3 Å². The van der Waals surface area contributed by atoms with Gasteiger partial charge in [-0.15, -0.1) is 0 Å². The average Bonchev–Trinajstić information content (AvgIpc) is 2.94. The molecule has 0 bridgehead atoms. The van der Waals surface area contributed by atoms with Crippen LogP contribution in [0.25, 0.3) is 10.9 Å². The Morgan fingerprint density at radius 2 is 2.14 bits per heavy atom. The Morgan fingerprint density at radius 1 is 1.29 bits per heavy atom. The molecule has 2 aliphatic rings. The normalized spacial score (nSPS) is 30.0. The molecule has 3 atom stereocenters. The fraction of sp³-hybridized carbons (Fsp3) is 0.500. The topological polar surface area (TPSA) is 34.1 Å². The first-order valence-electron chi connectivity index (χ1n) is 7.81. The molecule has 0 amide bonds. The van der Waals surface area contributed by atoms with E-state index in [-0.39, 0.29) is 5.41 Å². The van der Waals surface area contributed by atoms with E-state index in [0.717, 1.165) is 12.1 Å². The summed E-state index contributed by atoms with van der Waals surface area (Å²) in [5.41, 5.74) is 3.72. The second-order valence-corrected chi connectivity index (χ2v) is 7.02. The molecule has 110 valence electrons. The third kappa shape index (κ3) is 1.80.